The molecule has 0 heterocycles. The monoisotopic (exact) mass is 282 g/mol. The smallest absolute Gasteiger partial charge is 0.290 e. The van der Waals surface area contributed by atoms with Crippen LogP contribution in [-0.4, -0.2) is 33.8 Å². The number of hydrogen-bond acceptors (Lipinski definition) is 7. The lowest BCUT2D eigenvalue weighted by Crippen LogP contribution is -2.03. The lowest BCUT2D eigenvalue weighted by atomic mass is 10.1. The maximum absolute atomic E-state index is 10.9. The van der Waals surface area contributed by atoms with E-state index >= 15 is 0 Å². The van der Waals surface area contributed by atoms with Gasteiger partial charge in [0.1, 0.15) is 5.56 Å². The minimum atomic E-state index is -0.917. The zero-order valence-corrected chi connectivity index (χ0v) is 10.5. The van der Waals surface area contributed by atoms with E-state index in [0.717, 1.165) is 0 Å². The van der Waals surface area contributed by atoms with Crippen molar-refractivity contribution in [2.75, 3.05) is 14.1 Å². The molecule has 0 amide bonds. The van der Waals surface area contributed by atoms with Crippen molar-refractivity contribution < 1.29 is 14.8 Å². The van der Waals surface area contributed by atoms with Gasteiger partial charge in [0.25, 0.3) is 17.1 Å². The van der Waals surface area contributed by atoms with E-state index in [0.29, 0.717) is 12.1 Å². The Morgan fingerprint density at radius 3 is 1.70 bits per heavy atom. The molecule has 0 N–H and O–H groups in total. The van der Waals surface area contributed by atoms with Crippen molar-refractivity contribution >= 4 is 23.1 Å². The molecular formula is C10H10N4O6. The van der Waals surface area contributed by atoms with Gasteiger partial charge in [-0.3, -0.25) is 30.3 Å². The van der Waals surface area contributed by atoms with Gasteiger partial charge in [-0.25, -0.2) is 0 Å². The van der Waals surface area contributed by atoms with Crippen molar-refractivity contribution in [2.24, 2.45) is 0 Å². The summed E-state index contributed by atoms with van der Waals surface area (Å²) in [5.41, 5.74) is -2.38. The van der Waals surface area contributed by atoms with E-state index in [9.17, 15) is 30.3 Å². The number of nitro groups is 3. The molecule has 0 spiro atoms. The summed E-state index contributed by atoms with van der Waals surface area (Å²) in [5, 5.41) is 32.5. The molecule has 0 bridgehead atoms. The predicted octanol–water partition coefficient (Wildman–Crippen LogP) is 1.94. The van der Waals surface area contributed by atoms with Gasteiger partial charge in [0.2, 0.25) is 0 Å². The van der Waals surface area contributed by atoms with Crippen LogP contribution in [0.3, 0.4) is 0 Å². The molecule has 20 heavy (non-hydrogen) atoms. The van der Waals surface area contributed by atoms with Crippen LogP contribution in [-0.2, 0) is 0 Å². The van der Waals surface area contributed by atoms with Crippen LogP contribution in [0.25, 0.3) is 6.08 Å². The van der Waals surface area contributed by atoms with E-state index in [-0.39, 0.29) is 5.56 Å². The second kappa shape index (κ2) is 5.73. The average molecular weight is 282 g/mol. The summed E-state index contributed by atoms with van der Waals surface area (Å²) in [6, 6.07) is 1.39. The van der Waals surface area contributed by atoms with E-state index in [1.165, 1.54) is 17.2 Å². The largest absolute Gasteiger partial charge is 0.383 e. The molecule has 0 atom stereocenters. The van der Waals surface area contributed by atoms with Crippen LogP contribution in [0.4, 0.5) is 17.1 Å². The molecule has 0 radical (unpaired) electrons. The van der Waals surface area contributed by atoms with Gasteiger partial charge in [-0.05, 0) is 12.3 Å². The number of nitrogens with zero attached hydrogens (tertiary/aromatic N) is 4. The number of benzene rings is 1. The maximum atomic E-state index is 10.9. The van der Waals surface area contributed by atoms with Crippen LogP contribution >= 0.6 is 0 Å². The van der Waals surface area contributed by atoms with Gasteiger partial charge in [0.15, 0.2) is 0 Å². The number of rotatable bonds is 5. The SMILES string of the molecule is CN(C)/C=C/c1c([N+](=O)[O-])cc([N+](=O)[O-])cc1[N+](=O)[O-]. The number of non-ortho nitro benzene ring substituents is 1. The first kappa shape index (κ1) is 15.0. The highest BCUT2D eigenvalue weighted by Gasteiger charge is 2.28. The fourth-order valence-electron chi connectivity index (χ4n) is 1.41. The van der Waals surface area contributed by atoms with Crippen molar-refractivity contribution in [2.45, 2.75) is 0 Å². The van der Waals surface area contributed by atoms with E-state index in [1.54, 1.807) is 14.1 Å². The Bertz CT molecular complexity index is 575. The lowest BCUT2D eigenvalue weighted by Gasteiger charge is -2.04. The third-order valence-electron chi connectivity index (χ3n) is 2.26. The number of nitro benzene ring substituents is 3. The Kier molecular flexibility index (Phi) is 4.31. The molecular weight excluding hydrogens is 272 g/mol. The van der Waals surface area contributed by atoms with Gasteiger partial charge in [0.05, 0.1) is 26.9 Å². The minimum absolute atomic E-state index is 0.292. The molecule has 0 aliphatic heterocycles. The Morgan fingerprint density at radius 2 is 1.40 bits per heavy atom. The standard InChI is InChI=1S/C10H10N4O6/c1-11(2)4-3-8-9(13(17)18)5-7(12(15)16)6-10(8)14(19)20/h3-6H,1-2H3/b4-3+. The Labute approximate surface area is 112 Å². The van der Waals surface area contributed by atoms with E-state index < -0.39 is 31.8 Å². The molecule has 1 aromatic rings. The van der Waals surface area contributed by atoms with Crippen molar-refractivity contribution in [3.8, 4) is 0 Å². The summed E-state index contributed by atoms with van der Waals surface area (Å²) < 4.78 is 0. The second-order valence-electron chi connectivity index (χ2n) is 3.95. The Hall–Kier alpha value is -3.04. The molecule has 0 aromatic heterocycles. The van der Waals surface area contributed by atoms with Gasteiger partial charge in [-0.1, -0.05) is 0 Å². The van der Waals surface area contributed by atoms with Gasteiger partial charge < -0.3 is 4.90 Å². The predicted molar refractivity (Wildman–Crippen MR) is 69.1 cm³/mol. The third-order valence-corrected chi connectivity index (χ3v) is 2.26. The zero-order chi connectivity index (χ0) is 15.4. The van der Waals surface area contributed by atoms with Gasteiger partial charge in [-0.15, -0.1) is 0 Å². The Balaban J connectivity index is 3.63. The Morgan fingerprint density at radius 1 is 0.950 bits per heavy atom. The van der Waals surface area contributed by atoms with E-state index in [2.05, 4.69) is 0 Å². The van der Waals surface area contributed by atoms with Crippen LogP contribution < -0.4 is 0 Å². The first-order valence-electron chi connectivity index (χ1n) is 5.20. The highest BCUT2D eigenvalue weighted by molar-refractivity contribution is 5.73. The molecule has 10 nitrogen and oxygen atoms in total. The highest BCUT2D eigenvalue weighted by Crippen LogP contribution is 2.34. The average Bonchev–Trinajstić information content (AvgIpc) is 2.34. The molecule has 0 fully saturated rings. The third kappa shape index (κ3) is 3.25. The molecule has 0 aliphatic rings. The molecule has 0 saturated heterocycles. The summed E-state index contributed by atoms with van der Waals surface area (Å²) in [6.07, 6.45) is 2.54. The molecule has 106 valence electrons. The van der Waals surface area contributed by atoms with Crippen LogP contribution in [0, 0.1) is 30.3 Å². The van der Waals surface area contributed by atoms with Crippen molar-refractivity contribution in [1.29, 1.82) is 0 Å². The van der Waals surface area contributed by atoms with Crippen LogP contribution in [0.1, 0.15) is 5.56 Å². The summed E-state index contributed by atoms with van der Waals surface area (Å²) in [5.74, 6) is 0. The summed E-state index contributed by atoms with van der Waals surface area (Å²) in [4.78, 5) is 31.3. The summed E-state index contributed by atoms with van der Waals surface area (Å²) in [7, 11) is 3.25. The van der Waals surface area contributed by atoms with E-state index in [1.807, 2.05) is 0 Å². The first-order valence-corrected chi connectivity index (χ1v) is 5.20. The zero-order valence-electron chi connectivity index (χ0n) is 10.5. The molecule has 0 aliphatic carbocycles. The van der Waals surface area contributed by atoms with Crippen molar-refractivity contribution in [3.63, 3.8) is 0 Å². The molecule has 1 aromatic carbocycles. The quantitative estimate of drug-likeness (QED) is 0.595. The molecule has 10 heteroatoms. The molecule has 1 rings (SSSR count). The van der Waals surface area contributed by atoms with Crippen LogP contribution in [0.2, 0.25) is 0 Å². The van der Waals surface area contributed by atoms with Gasteiger partial charge >= 0.3 is 0 Å². The normalized spacial score (nSPS) is 10.5. The van der Waals surface area contributed by atoms with Gasteiger partial charge in [0, 0.05) is 14.1 Å². The minimum Gasteiger partial charge on any atom is -0.383 e. The molecule has 0 saturated carbocycles. The van der Waals surface area contributed by atoms with Crippen molar-refractivity contribution in [1.82, 2.24) is 4.90 Å². The second-order valence-corrected chi connectivity index (χ2v) is 3.95. The topological polar surface area (TPSA) is 133 Å². The summed E-state index contributed by atoms with van der Waals surface area (Å²) >= 11 is 0. The highest BCUT2D eigenvalue weighted by atomic mass is 16.6. The summed E-state index contributed by atoms with van der Waals surface area (Å²) in [6.45, 7) is 0. The fraction of sp³-hybridized carbons (Fsp3) is 0.200. The number of hydrogen-bond donors (Lipinski definition) is 0. The molecule has 0 unspecified atom stereocenters. The van der Waals surface area contributed by atoms with Crippen LogP contribution in [0.15, 0.2) is 18.3 Å². The van der Waals surface area contributed by atoms with Crippen LogP contribution in [0.5, 0.6) is 0 Å². The fourth-order valence-corrected chi connectivity index (χ4v) is 1.41. The van der Waals surface area contributed by atoms with Crippen molar-refractivity contribution in [3.05, 3.63) is 54.2 Å². The van der Waals surface area contributed by atoms with E-state index in [4.69, 9.17) is 0 Å². The maximum Gasteiger partial charge on any atom is 0.290 e. The van der Waals surface area contributed by atoms with Gasteiger partial charge in [-0.2, -0.15) is 0 Å². The first-order chi connectivity index (χ1) is 9.23. The lowest BCUT2D eigenvalue weighted by molar-refractivity contribution is -0.403.